The van der Waals surface area contributed by atoms with Crippen LogP contribution in [0.25, 0.3) is 0 Å². The third kappa shape index (κ3) is 5.49. The van der Waals surface area contributed by atoms with E-state index in [1.54, 1.807) is 0 Å². The van der Waals surface area contributed by atoms with Gasteiger partial charge in [0.1, 0.15) is 0 Å². The minimum absolute atomic E-state index is 0.0554. The number of halogens is 1. The van der Waals surface area contributed by atoms with Gasteiger partial charge < -0.3 is 15.4 Å². The van der Waals surface area contributed by atoms with Crippen LogP contribution in [0.2, 0.25) is 5.02 Å². The number of amides is 1. The van der Waals surface area contributed by atoms with Crippen LogP contribution in [0.5, 0.6) is 0 Å². The van der Waals surface area contributed by atoms with Crippen LogP contribution in [0.15, 0.2) is 24.3 Å². The second-order valence-electron chi connectivity index (χ2n) is 4.99. The number of nitrogens with one attached hydrogen (secondary N) is 2. The fourth-order valence-electron chi connectivity index (χ4n) is 2.16. The molecule has 110 valence electrons. The lowest BCUT2D eigenvalue weighted by molar-refractivity contribution is -0.121. The Labute approximate surface area is 124 Å². The van der Waals surface area contributed by atoms with Crippen molar-refractivity contribution in [2.75, 3.05) is 19.7 Å². The molecule has 0 saturated carbocycles. The quantitative estimate of drug-likeness (QED) is 0.758. The number of carbonyl (C=O) groups is 1. The summed E-state index contributed by atoms with van der Waals surface area (Å²) in [6, 6.07) is 7.48. The highest BCUT2D eigenvalue weighted by Crippen LogP contribution is 2.10. The third-order valence-corrected chi connectivity index (χ3v) is 3.58. The van der Waals surface area contributed by atoms with Crippen molar-refractivity contribution in [1.29, 1.82) is 0 Å². The Balaban J connectivity index is 1.54. The molecule has 0 radical (unpaired) electrons. The summed E-state index contributed by atoms with van der Waals surface area (Å²) in [5.74, 6) is 0.0554. The average molecular weight is 297 g/mol. The summed E-state index contributed by atoms with van der Waals surface area (Å²) in [5, 5.41) is 6.86. The topological polar surface area (TPSA) is 50.4 Å². The lowest BCUT2D eigenvalue weighted by Crippen LogP contribution is -2.31. The molecule has 20 heavy (non-hydrogen) atoms. The van der Waals surface area contributed by atoms with Gasteiger partial charge in [-0.3, -0.25) is 4.79 Å². The lowest BCUT2D eigenvalue weighted by Gasteiger charge is -2.10. The van der Waals surface area contributed by atoms with E-state index in [4.69, 9.17) is 16.3 Å². The molecule has 2 rings (SSSR count). The SMILES string of the molecule is O=C(CCNCC1CCCO1)NCc1ccc(Cl)cc1. The standard InChI is InChI=1S/C15H21ClN2O2/c16-13-5-3-12(4-6-13)10-18-15(19)7-8-17-11-14-2-1-9-20-14/h3-6,14,17H,1-2,7-11H2,(H,18,19). The molecule has 1 amide bonds. The molecule has 1 aromatic carbocycles. The van der Waals surface area contributed by atoms with E-state index in [2.05, 4.69) is 10.6 Å². The maximum Gasteiger partial charge on any atom is 0.221 e. The van der Waals surface area contributed by atoms with Crippen molar-refractivity contribution in [2.45, 2.75) is 31.9 Å². The highest BCUT2D eigenvalue weighted by atomic mass is 35.5. The molecule has 1 fully saturated rings. The molecule has 1 aliphatic rings. The summed E-state index contributed by atoms with van der Waals surface area (Å²) >= 11 is 5.81. The van der Waals surface area contributed by atoms with E-state index in [9.17, 15) is 4.79 Å². The highest BCUT2D eigenvalue weighted by Gasteiger charge is 2.14. The number of hydrogen-bond donors (Lipinski definition) is 2. The van der Waals surface area contributed by atoms with Gasteiger partial charge in [0.05, 0.1) is 6.10 Å². The van der Waals surface area contributed by atoms with Crippen LogP contribution in [-0.2, 0) is 16.1 Å². The first-order valence-electron chi connectivity index (χ1n) is 7.07. The lowest BCUT2D eigenvalue weighted by atomic mass is 10.2. The van der Waals surface area contributed by atoms with Crippen molar-refractivity contribution in [1.82, 2.24) is 10.6 Å². The van der Waals surface area contributed by atoms with Gasteiger partial charge in [0.2, 0.25) is 5.91 Å². The van der Waals surface area contributed by atoms with E-state index < -0.39 is 0 Å². The Kier molecular flexibility index (Phi) is 6.30. The van der Waals surface area contributed by atoms with E-state index >= 15 is 0 Å². The molecule has 1 atom stereocenters. The molecule has 5 heteroatoms. The Morgan fingerprint density at radius 3 is 2.85 bits per heavy atom. The molecule has 1 saturated heterocycles. The smallest absolute Gasteiger partial charge is 0.221 e. The van der Waals surface area contributed by atoms with Gasteiger partial charge in [0, 0.05) is 37.7 Å². The van der Waals surface area contributed by atoms with E-state index in [1.807, 2.05) is 24.3 Å². The highest BCUT2D eigenvalue weighted by molar-refractivity contribution is 6.30. The van der Waals surface area contributed by atoms with Crippen LogP contribution < -0.4 is 10.6 Å². The first-order chi connectivity index (χ1) is 9.74. The van der Waals surface area contributed by atoms with E-state index in [0.717, 1.165) is 31.6 Å². The number of ether oxygens (including phenoxy) is 1. The van der Waals surface area contributed by atoms with Gasteiger partial charge in [-0.05, 0) is 30.5 Å². The van der Waals surface area contributed by atoms with Crippen molar-refractivity contribution < 1.29 is 9.53 Å². The summed E-state index contributed by atoms with van der Waals surface area (Å²) in [4.78, 5) is 11.7. The predicted octanol–water partition coefficient (Wildman–Crippen LogP) is 2.11. The number of hydrogen-bond acceptors (Lipinski definition) is 3. The van der Waals surface area contributed by atoms with E-state index in [-0.39, 0.29) is 5.91 Å². The van der Waals surface area contributed by atoms with E-state index in [0.29, 0.717) is 30.6 Å². The van der Waals surface area contributed by atoms with Gasteiger partial charge in [-0.15, -0.1) is 0 Å². The zero-order valence-corrected chi connectivity index (χ0v) is 12.3. The van der Waals surface area contributed by atoms with Crippen LogP contribution in [0.1, 0.15) is 24.8 Å². The Morgan fingerprint density at radius 1 is 1.35 bits per heavy atom. The maximum absolute atomic E-state index is 11.7. The monoisotopic (exact) mass is 296 g/mol. The van der Waals surface area contributed by atoms with Gasteiger partial charge in [-0.1, -0.05) is 23.7 Å². The molecule has 1 aromatic rings. The first-order valence-corrected chi connectivity index (χ1v) is 7.45. The van der Waals surface area contributed by atoms with Crippen molar-refractivity contribution in [3.8, 4) is 0 Å². The fourth-order valence-corrected chi connectivity index (χ4v) is 2.29. The molecule has 1 aliphatic heterocycles. The molecule has 0 aromatic heterocycles. The zero-order chi connectivity index (χ0) is 14.2. The van der Waals surface area contributed by atoms with Gasteiger partial charge in [-0.25, -0.2) is 0 Å². The second kappa shape index (κ2) is 8.25. The molecule has 0 spiro atoms. The van der Waals surface area contributed by atoms with E-state index in [1.165, 1.54) is 0 Å². The van der Waals surface area contributed by atoms with Gasteiger partial charge in [0.25, 0.3) is 0 Å². The average Bonchev–Trinajstić information content (AvgIpc) is 2.96. The molecular weight excluding hydrogens is 276 g/mol. The van der Waals surface area contributed by atoms with Gasteiger partial charge in [0.15, 0.2) is 0 Å². The molecule has 0 bridgehead atoms. The Morgan fingerprint density at radius 2 is 2.15 bits per heavy atom. The normalized spacial score (nSPS) is 18.1. The number of carbonyl (C=O) groups excluding carboxylic acids is 1. The predicted molar refractivity (Wildman–Crippen MR) is 79.8 cm³/mol. The summed E-state index contributed by atoms with van der Waals surface area (Å²) in [7, 11) is 0. The van der Waals surface area contributed by atoms with Crippen LogP contribution in [0, 0.1) is 0 Å². The van der Waals surface area contributed by atoms with Gasteiger partial charge >= 0.3 is 0 Å². The maximum atomic E-state index is 11.7. The summed E-state index contributed by atoms with van der Waals surface area (Å²) < 4.78 is 5.50. The minimum atomic E-state index is 0.0554. The molecule has 2 N–H and O–H groups in total. The molecule has 1 unspecified atom stereocenters. The molecule has 0 aliphatic carbocycles. The van der Waals surface area contributed by atoms with Crippen LogP contribution >= 0.6 is 11.6 Å². The second-order valence-corrected chi connectivity index (χ2v) is 5.43. The Bertz CT molecular complexity index is 416. The Hall–Kier alpha value is -1.10. The first kappa shape index (κ1) is 15.3. The van der Waals surface area contributed by atoms with Crippen molar-refractivity contribution >= 4 is 17.5 Å². The molecule has 1 heterocycles. The third-order valence-electron chi connectivity index (χ3n) is 3.33. The van der Waals surface area contributed by atoms with Crippen molar-refractivity contribution in [3.63, 3.8) is 0 Å². The minimum Gasteiger partial charge on any atom is -0.377 e. The van der Waals surface area contributed by atoms with Crippen LogP contribution in [0.4, 0.5) is 0 Å². The summed E-state index contributed by atoms with van der Waals surface area (Å²) in [5.41, 5.74) is 1.05. The summed E-state index contributed by atoms with van der Waals surface area (Å²) in [6.07, 6.45) is 3.08. The number of rotatable bonds is 7. The molecular formula is C15H21ClN2O2. The molecule has 4 nitrogen and oxygen atoms in total. The van der Waals surface area contributed by atoms with Crippen LogP contribution in [-0.4, -0.2) is 31.7 Å². The van der Waals surface area contributed by atoms with Crippen molar-refractivity contribution in [3.05, 3.63) is 34.9 Å². The number of benzene rings is 1. The van der Waals surface area contributed by atoms with Gasteiger partial charge in [-0.2, -0.15) is 0 Å². The largest absolute Gasteiger partial charge is 0.377 e. The fraction of sp³-hybridized carbons (Fsp3) is 0.533. The van der Waals surface area contributed by atoms with Crippen LogP contribution in [0.3, 0.4) is 0 Å². The zero-order valence-electron chi connectivity index (χ0n) is 11.5. The van der Waals surface area contributed by atoms with Crippen molar-refractivity contribution in [2.24, 2.45) is 0 Å². The summed E-state index contributed by atoms with van der Waals surface area (Å²) in [6.45, 7) is 2.94.